The lowest BCUT2D eigenvalue weighted by Gasteiger charge is -2.02. The Kier molecular flexibility index (Phi) is 2.65. The monoisotopic (exact) mass is 235 g/mol. The zero-order valence-electron chi connectivity index (χ0n) is 8.89. The molecule has 0 aliphatic carbocycles. The van der Waals surface area contributed by atoms with E-state index in [1.165, 1.54) is 31.2 Å². The van der Waals surface area contributed by atoms with E-state index < -0.39 is 17.3 Å². The number of H-pyrrole nitrogens is 2. The van der Waals surface area contributed by atoms with Crippen molar-refractivity contribution < 1.29 is 9.53 Å². The molecule has 0 aliphatic rings. The van der Waals surface area contributed by atoms with E-state index in [4.69, 9.17) is 4.74 Å². The summed E-state index contributed by atoms with van der Waals surface area (Å²) in [5, 5.41) is 4.33. The van der Waals surface area contributed by atoms with E-state index in [9.17, 15) is 14.4 Å². The van der Waals surface area contributed by atoms with Crippen LogP contribution < -0.4 is 16.1 Å². The maximum atomic E-state index is 11.3. The van der Waals surface area contributed by atoms with E-state index in [-0.39, 0.29) is 0 Å². The Morgan fingerprint density at radius 1 is 1.12 bits per heavy atom. The molecule has 0 amide bonds. The number of nitrogens with one attached hydrogen (secondary N) is 2. The number of nitrogens with zero attached hydrogens (tertiary/aromatic N) is 1. The lowest BCUT2D eigenvalue weighted by atomic mass is 10.3. The van der Waals surface area contributed by atoms with Gasteiger partial charge in [-0.1, -0.05) is 0 Å². The van der Waals surface area contributed by atoms with Crippen LogP contribution in [0.25, 0.3) is 5.69 Å². The Hall–Kier alpha value is -2.57. The Morgan fingerprint density at radius 2 is 1.65 bits per heavy atom. The minimum atomic E-state index is -0.560. The fraction of sp³-hybridized carbons (Fsp3) is 0.100. The number of carbonyl (C=O) groups excluding carboxylic acids is 1. The fourth-order valence-electron chi connectivity index (χ4n) is 1.37. The van der Waals surface area contributed by atoms with Crippen LogP contribution in [-0.4, -0.2) is 20.7 Å². The molecule has 0 atom stereocenters. The first kappa shape index (κ1) is 10.9. The van der Waals surface area contributed by atoms with Gasteiger partial charge in [0.2, 0.25) is 0 Å². The second-order valence-corrected chi connectivity index (χ2v) is 3.28. The quantitative estimate of drug-likeness (QED) is 0.555. The first-order valence-electron chi connectivity index (χ1n) is 4.76. The molecule has 7 nitrogen and oxygen atoms in total. The van der Waals surface area contributed by atoms with Crippen molar-refractivity contribution in [1.29, 1.82) is 0 Å². The molecule has 1 aromatic heterocycles. The van der Waals surface area contributed by atoms with Gasteiger partial charge in [-0.2, -0.15) is 0 Å². The minimum absolute atomic E-state index is 0.348. The van der Waals surface area contributed by atoms with E-state index in [0.717, 1.165) is 4.57 Å². The number of aromatic amines is 2. The third kappa shape index (κ3) is 2.17. The highest BCUT2D eigenvalue weighted by Crippen LogP contribution is 2.13. The minimum Gasteiger partial charge on any atom is -0.427 e. The summed E-state index contributed by atoms with van der Waals surface area (Å²) in [4.78, 5) is 33.3. The van der Waals surface area contributed by atoms with Crippen LogP contribution in [0.4, 0.5) is 0 Å². The molecule has 88 valence electrons. The van der Waals surface area contributed by atoms with Crippen molar-refractivity contribution in [1.82, 2.24) is 14.8 Å². The molecule has 7 heteroatoms. The number of hydrogen-bond donors (Lipinski definition) is 2. The highest BCUT2D eigenvalue weighted by molar-refractivity contribution is 5.69. The number of rotatable bonds is 2. The van der Waals surface area contributed by atoms with Gasteiger partial charge in [0.15, 0.2) is 0 Å². The summed E-state index contributed by atoms with van der Waals surface area (Å²) >= 11 is 0. The average Bonchev–Trinajstić information content (AvgIpc) is 2.59. The van der Waals surface area contributed by atoms with Gasteiger partial charge in [0.1, 0.15) is 5.75 Å². The molecule has 0 fully saturated rings. The molecule has 1 aromatic carbocycles. The lowest BCUT2D eigenvalue weighted by Crippen LogP contribution is -2.24. The summed E-state index contributed by atoms with van der Waals surface area (Å²) in [5.41, 5.74) is -0.737. The number of benzene rings is 1. The summed E-state index contributed by atoms with van der Waals surface area (Å²) in [6.45, 7) is 1.29. The maximum absolute atomic E-state index is 11.3. The van der Waals surface area contributed by atoms with Crippen LogP contribution in [0.2, 0.25) is 0 Å². The SMILES string of the molecule is CC(=O)Oc1ccc(-n2c(=O)[nH][nH]c2=O)cc1. The second kappa shape index (κ2) is 4.12. The molecule has 0 unspecified atom stereocenters. The third-order valence-corrected chi connectivity index (χ3v) is 2.04. The van der Waals surface area contributed by atoms with Crippen molar-refractivity contribution in [3.8, 4) is 11.4 Å². The number of aromatic nitrogens is 3. The predicted molar refractivity (Wildman–Crippen MR) is 58.3 cm³/mol. The van der Waals surface area contributed by atoms with Crippen molar-refractivity contribution in [3.05, 3.63) is 45.2 Å². The van der Waals surface area contributed by atoms with Gasteiger partial charge in [0.25, 0.3) is 0 Å². The van der Waals surface area contributed by atoms with Gasteiger partial charge in [-0.15, -0.1) is 0 Å². The van der Waals surface area contributed by atoms with Gasteiger partial charge in [0.05, 0.1) is 5.69 Å². The maximum Gasteiger partial charge on any atom is 0.348 e. The molecule has 0 aliphatic heterocycles. The molecule has 0 spiro atoms. The molecule has 0 radical (unpaired) electrons. The van der Waals surface area contributed by atoms with Crippen LogP contribution >= 0.6 is 0 Å². The summed E-state index contributed by atoms with van der Waals surface area (Å²) in [6, 6.07) is 6.00. The molecule has 2 rings (SSSR count). The van der Waals surface area contributed by atoms with Gasteiger partial charge in [-0.25, -0.2) is 24.4 Å². The molecular weight excluding hydrogens is 226 g/mol. The fourth-order valence-corrected chi connectivity index (χ4v) is 1.37. The summed E-state index contributed by atoms with van der Waals surface area (Å²) in [5.74, 6) is -0.0873. The van der Waals surface area contributed by atoms with Crippen molar-refractivity contribution in [2.24, 2.45) is 0 Å². The van der Waals surface area contributed by atoms with Gasteiger partial charge in [-0.3, -0.25) is 4.79 Å². The Labute approximate surface area is 94.6 Å². The number of carbonyl (C=O) groups is 1. The van der Waals surface area contributed by atoms with Crippen molar-refractivity contribution in [2.75, 3.05) is 0 Å². The Morgan fingerprint density at radius 3 is 2.12 bits per heavy atom. The number of hydrogen-bond acceptors (Lipinski definition) is 4. The van der Waals surface area contributed by atoms with Gasteiger partial charge in [0, 0.05) is 6.92 Å². The van der Waals surface area contributed by atoms with Crippen LogP contribution in [0.3, 0.4) is 0 Å². The Balaban J connectivity index is 2.39. The largest absolute Gasteiger partial charge is 0.427 e. The van der Waals surface area contributed by atoms with Gasteiger partial charge < -0.3 is 4.74 Å². The second-order valence-electron chi connectivity index (χ2n) is 3.28. The van der Waals surface area contributed by atoms with E-state index in [1.54, 1.807) is 0 Å². The third-order valence-electron chi connectivity index (χ3n) is 2.04. The normalized spacial score (nSPS) is 10.2. The zero-order valence-corrected chi connectivity index (χ0v) is 8.89. The standard InChI is InChI=1S/C10H9N3O4/c1-6(14)17-8-4-2-7(3-5-8)13-9(15)11-12-10(13)16/h2-5H,1H3,(H,11,15)(H,12,16). The zero-order chi connectivity index (χ0) is 12.4. The highest BCUT2D eigenvalue weighted by atomic mass is 16.5. The van der Waals surface area contributed by atoms with E-state index in [0.29, 0.717) is 11.4 Å². The van der Waals surface area contributed by atoms with E-state index in [2.05, 4.69) is 10.2 Å². The van der Waals surface area contributed by atoms with Crippen LogP contribution in [0, 0.1) is 0 Å². The van der Waals surface area contributed by atoms with E-state index in [1.807, 2.05) is 0 Å². The molecule has 17 heavy (non-hydrogen) atoms. The Bertz CT molecular complexity index is 620. The van der Waals surface area contributed by atoms with Crippen LogP contribution in [0.15, 0.2) is 33.9 Å². The van der Waals surface area contributed by atoms with Gasteiger partial charge in [-0.05, 0) is 24.3 Å². The van der Waals surface area contributed by atoms with Crippen LogP contribution in [0.5, 0.6) is 5.75 Å². The molecule has 2 N–H and O–H groups in total. The lowest BCUT2D eigenvalue weighted by molar-refractivity contribution is -0.131. The van der Waals surface area contributed by atoms with Gasteiger partial charge >= 0.3 is 17.3 Å². The van der Waals surface area contributed by atoms with Crippen molar-refractivity contribution >= 4 is 5.97 Å². The topological polar surface area (TPSA) is 96.9 Å². The first-order chi connectivity index (χ1) is 8.08. The number of esters is 1. The smallest absolute Gasteiger partial charge is 0.348 e. The predicted octanol–water partition coefficient (Wildman–Crippen LogP) is -0.221. The molecule has 0 saturated heterocycles. The molecule has 0 saturated carbocycles. The van der Waals surface area contributed by atoms with Crippen molar-refractivity contribution in [2.45, 2.75) is 6.92 Å². The highest BCUT2D eigenvalue weighted by Gasteiger charge is 2.06. The van der Waals surface area contributed by atoms with Crippen LogP contribution in [-0.2, 0) is 4.79 Å². The summed E-state index contributed by atoms with van der Waals surface area (Å²) in [7, 11) is 0. The summed E-state index contributed by atoms with van der Waals surface area (Å²) in [6.07, 6.45) is 0. The van der Waals surface area contributed by atoms with Crippen molar-refractivity contribution in [3.63, 3.8) is 0 Å². The van der Waals surface area contributed by atoms with Crippen LogP contribution in [0.1, 0.15) is 6.92 Å². The van der Waals surface area contributed by atoms with E-state index >= 15 is 0 Å². The average molecular weight is 235 g/mol. The molecule has 1 heterocycles. The molecule has 2 aromatic rings. The summed E-state index contributed by atoms with van der Waals surface area (Å²) < 4.78 is 5.76. The molecular formula is C10H9N3O4. The first-order valence-corrected chi connectivity index (χ1v) is 4.76. The molecule has 0 bridgehead atoms. The number of ether oxygens (including phenoxy) is 1.